The molecule has 0 saturated heterocycles. The maximum atomic E-state index is 11.5. The summed E-state index contributed by atoms with van der Waals surface area (Å²) in [5, 5.41) is 9.56. The molecule has 3 heteroatoms. The van der Waals surface area contributed by atoms with E-state index in [-0.39, 0.29) is 11.3 Å². The molecule has 15 heavy (non-hydrogen) atoms. The lowest BCUT2D eigenvalue weighted by Gasteiger charge is -2.12. The number of ketones is 2. The number of hydrogen-bond donors (Lipinski definition) is 1. The fourth-order valence-corrected chi connectivity index (χ4v) is 1.62. The molecule has 0 aromatic heterocycles. The van der Waals surface area contributed by atoms with E-state index in [1.54, 1.807) is 18.2 Å². The van der Waals surface area contributed by atoms with E-state index in [1.807, 2.05) is 6.92 Å². The van der Waals surface area contributed by atoms with E-state index in [2.05, 4.69) is 0 Å². The van der Waals surface area contributed by atoms with Crippen LogP contribution >= 0.6 is 0 Å². The highest BCUT2D eigenvalue weighted by Crippen LogP contribution is 2.24. The number of aliphatic hydroxyl groups is 1. The van der Waals surface area contributed by atoms with Gasteiger partial charge in [0.05, 0.1) is 0 Å². The molecule has 0 heterocycles. The SMILES string of the molecule is CCc1ccc2c(c1)C(O)=CC(=O)C2=O. The Morgan fingerprint density at radius 3 is 2.60 bits per heavy atom. The summed E-state index contributed by atoms with van der Waals surface area (Å²) in [6.45, 7) is 1.98. The monoisotopic (exact) mass is 202 g/mol. The highest BCUT2D eigenvalue weighted by atomic mass is 16.3. The summed E-state index contributed by atoms with van der Waals surface area (Å²) >= 11 is 0. The average molecular weight is 202 g/mol. The average Bonchev–Trinajstić information content (AvgIpc) is 2.25. The Kier molecular flexibility index (Phi) is 2.15. The van der Waals surface area contributed by atoms with Gasteiger partial charge in [-0.15, -0.1) is 0 Å². The molecular formula is C12H10O3. The van der Waals surface area contributed by atoms with Crippen molar-refractivity contribution in [1.82, 2.24) is 0 Å². The topological polar surface area (TPSA) is 54.4 Å². The van der Waals surface area contributed by atoms with Crippen LogP contribution in [-0.4, -0.2) is 16.7 Å². The number of rotatable bonds is 1. The molecule has 1 aromatic rings. The van der Waals surface area contributed by atoms with Gasteiger partial charge < -0.3 is 5.11 Å². The first kappa shape index (κ1) is 9.65. The van der Waals surface area contributed by atoms with Gasteiger partial charge in [0.1, 0.15) is 5.76 Å². The van der Waals surface area contributed by atoms with Crippen molar-refractivity contribution in [3.63, 3.8) is 0 Å². The van der Waals surface area contributed by atoms with Gasteiger partial charge in [-0.2, -0.15) is 0 Å². The molecule has 0 radical (unpaired) electrons. The molecule has 1 N–H and O–H groups in total. The molecule has 0 unspecified atom stereocenters. The molecule has 1 aliphatic carbocycles. The largest absolute Gasteiger partial charge is 0.507 e. The third kappa shape index (κ3) is 1.46. The van der Waals surface area contributed by atoms with Gasteiger partial charge in [-0.25, -0.2) is 0 Å². The van der Waals surface area contributed by atoms with Crippen LogP contribution in [0.2, 0.25) is 0 Å². The lowest BCUT2D eigenvalue weighted by atomic mass is 9.92. The van der Waals surface area contributed by atoms with Gasteiger partial charge in [-0.3, -0.25) is 9.59 Å². The predicted octanol–water partition coefficient (Wildman–Crippen LogP) is 1.91. The van der Waals surface area contributed by atoms with Crippen LogP contribution in [0.25, 0.3) is 5.76 Å². The van der Waals surface area contributed by atoms with Crippen molar-refractivity contribution in [3.05, 3.63) is 41.0 Å². The smallest absolute Gasteiger partial charge is 0.233 e. The van der Waals surface area contributed by atoms with Crippen molar-refractivity contribution in [2.45, 2.75) is 13.3 Å². The maximum Gasteiger partial charge on any atom is 0.233 e. The number of Topliss-reactive ketones (excluding diaryl/α,β-unsaturated/α-hetero) is 1. The standard InChI is InChI=1S/C12H10O3/c1-2-7-3-4-8-9(5-7)10(13)6-11(14)12(8)15/h3-6,13H,2H2,1H3. The molecule has 0 aliphatic heterocycles. The molecule has 76 valence electrons. The van der Waals surface area contributed by atoms with Crippen LogP contribution in [0, 0.1) is 0 Å². The van der Waals surface area contributed by atoms with Gasteiger partial charge in [0, 0.05) is 17.2 Å². The highest BCUT2D eigenvalue weighted by molar-refractivity contribution is 6.50. The molecule has 2 rings (SSSR count). The number of fused-ring (bicyclic) bond motifs is 1. The number of aliphatic hydroxyl groups excluding tert-OH is 1. The van der Waals surface area contributed by atoms with E-state index in [1.165, 1.54) is 0 Å². The summed E-state index contributed by atoms with van der Waals surface area (Å²) in [7, 11) is 0. The van der Waals surface area contributed by atoms with Crippen molar-refractivity contribution in [2.24, 2.45) is 0 Å². The number of carbonyl (C=O) groups is 2. The van der Waals surface area contributed by atoms with Crippen LogP contribution in [0.15, 0.2) is 24.3 Å². The van der Waals surface area contributed by atoms with Crippen molar-refractivity contribution in [2.75, 3.05) is 0 Å². The Hall–Kier alpha value is -1.90. The van der Waals surface area contributed by atoms with Crippen LogP contribution in [0.3, 0.4) is 0 Å². The molecule has 1 aromatic carbocycles. The van der Waals surface area contributed by atoms with Crippen LogP contribution < -0.4 is 0 Å². The van der Waals surface area contributed by atoms with Gasteiger partial charge in [-0.05, 0) is 24.1 Å². The first-order chi connectivity index (χ1) is 7.13. The number of aryl methyl sites for hydroxylation is 1. The van der Waals surface area contributed by atoms with E-state index in [4.69, 9.17) is 0 Å². The second-order valence-electron chi connectivity index (χ2n) is 3.46. The second kappa shape index (κ2) is 3.35. The van der Waals surface area contributed by atoms with E-state index in [0.717, 1.165) is 18.1 Å². The first-order valence-corrected chi connectivity index (χ1v) is 4.76. The van der Waals surface area contributed by atoms with Gasteiger partial charge in [-0.1, -0.05) is 13.0 Å². The molecular weight excluding hydrogens is 192 g/mol. The summed E-state index contributed by atoms with van der Waals surface area (Å²) < 4.78 is 0. The maximum absolute atomic E-state index is 11.5. The van der Waals surface area contributed by atoms with Gasteiger partial charge >= 0.3 is 0 Å². The lowest BCUT2D eigenvalue weighted by molar-refractivity contribution is -0.111. The Bertz CT molecular complexity index is 484. The first-order valence-electron chi connectivity index (χ1n) is 4.76. The second-order valence-corrected chi connectivity index (χ2v) is 3.46. The van der Waals surface area contributed by atoms with E-state index >= 15 is 0 Å². The number of benzene rings is 1. The molecule has 0 spiro atoms. The molecule has 0 fully saturated rings. The fourth-order valence-electron chi connectivity index (χ4n) is 1.62. The molecule has 0 bridgehead atoms. The van der Waals surface area contributed by atoms with Crippen molar-refractivity contribution in [3.8, 4) is 0 Å². The van der Waals surface area contributed by atoms with Crippen molar-refractivity contribution >= 4 is 17.3 Å². The molecule has 0 saturated carbocycles. The van der Waals surface area contributed by atoms with Gasteiger partial charge in [0.25, 0.3) is 0 Å². The number of hydrogen-bond acceptors (Lipinski definition) is 3. The summed E-state index contributed by atoms with van der Waals surface area (Å²) in [5.41, 5.74) is 1.77. The van der Waals surface area contributed by atoms with E-state index in [0.29, 0.717) is 5.56 Å². The molecule has 0 atom stereocenters. The zero-order valence-electron chi connectivity index (χ0n) is 8.28. The molecule has 3 nitrogen and oxygen atoms in total. The summed E-state index contributed by atoms with van der Waals surface area (Å²) in [5.74, 6) is -1.33. The zero-order chi connectivity index (χ0) is 11.0. The minimum Gasteiger partial charge on any atom is -0.507 e. The summed E-state index contributed by atoms with van der Waals surface area (Å²) in [6, 6.07) is 5.13. The van der Waals surface area contributed by atoms with Gasteiger partial charge in [0.15, 0.2) is 0 Å². The van der Waals surface area contributed by atoms with Gasteiger partial charge in [0.2, 0.25) is 11.6 Å². The van der Waals surface area contributed by atoms with Crippen molar-refractivity contribution < 1.29 is 14.7 Å². The minimum absolute atomic E-state index is 0.120. The Balaban J connectivity index is 2.64. The normalized spacial score (nSPS) is 14.9. The minimum atomic E-state index is -0.663. The lowest BCUT2D eigenvalue weighted by Crippen LogP contribution is -2.18. The Morgan fingerprint density at radius 2 is 1.93 bits per heavy atom. The Morgan fingerprint density at radius 1 is 1.20 bits per heavy atom. The third-order valence-electron chi connectivity index (χ3n) is 2.50. The third-order valence-corrected chi connectivity index (χ3v) is 2.50. The van der Waals surface area contributed by atoms with E-state index < -0.39 is 11.6 Å². The summed E-state index contributed by atoms with van der Waals surface area (Å²) in [4.78, 5) is 22.6. The van der Waals surface area contributed by atoms with Crippen LogP contribution in [-0.2, 0) is 11.2 Å². The molecule has 1 aliphatic rings. The molecule has 0 amide bonds. The van der Waals surface area contributed by atoms with Crippen LogP contribution in [0.1, 0.15) is 28.4 Å². The quantitative estimate of drug-likeness (QED) is 0.708. The fraction of sp³-hybridized carbons (Fsp3) is 0.167. The van der Waals surface area contributed by atoms with E-state index in [9.17, 15) is 14.7 Å². The summed E-state index contributed by atoms with van der Waals surface area (Å²) in [6.07, 6.45) is 1.80. The van der Waals surface area contributed by atoms with Crippen molar-refractivity contribution in [1.29, 1.82) is 0 Å². The van der Waals surface area contributed by atoms with Crippen LogP contribution in [0.4, 0.5) is 0 Å². The number of carbonyl (C=O) groups excluding carboxylic acids is 2. The zero-order valence-corrected chi connectivity index (χ0v) is 8.28. The van der Waals surface area contributed by atoms with Crippen LogP contribution in [0.5, 0.6) is 0 Å². The number of allylic oxidation sites excluding steroid dienone is 1. The highest BCUT2D eigenvalue weighted by Gasteiger charge is 2.25. The predicted molar refractivity (Wildman–Crippen MR) is 55.8 cm³/mol. The Labute approximate surface area is 87.0 Å².